The molecule has 0 fully saturated rings. The molecular formula is C20H22N2O6S. The van der Waals surface area contributed by atoms with Gasteiger partial charge in [0.25, 0.3) is 0 Å². The zero-order valence-corrected chi connectivity index (χ0v) is 17.0. The van der Waals surface area contributed by atoms with Crippen LogP contribution in [0.4, 0.5) is 11.4 Å². The van der Waals surface area contributed by atoms with Crippen molar-refractivity contribution in [1.82, 2.24) is 0 Å². The molecule has 1 N–H and O–H groups in total. The summed E-state index contributed by atoms with van der Waals surface area (Å²) in [6.07, 6.45) is 0. The van der Waals surface area contributed by atoms with Crippen LogP contribution in [-0.2, 0) is 14.8 Å². The summed E-state index contributed by atoms with van der Waals surface area (Å²) in [5.74, 6) is 0.123. The molecule has 8 nitrogen and oxygen atoms in total. The van der Waals surface area contributed by atoms with Crippen LogP contribution in [-0.4, -0.2) is 45.6 Å². The van der Waals surface area contributed by atoms with Crippen LogP contribution < -0.4 is 19.1 Å². The van der Waals surface area contributed by atoms with E-state index in [0.29, 0.717) is 41.7 Å². The van der Waals surface area contributed by atoms with Gasteiger partial charge in [-0.15, -0.1) is 0 Å². The normalized spacial score (nSPS) is 12.9. The van der Waals surface area contributed by atoms with Gasteiger partial charge in [-0.1, -0.05) is 12.1 Å². The van der Waals surface area contributed by atoms with Crippen molar-refractivity contribution in [2.24, 2.45) is 0 Å². The lowest BCUT2D eigenvalue weighted by atomic mass is 10.1. The Hall–Kier alpha value is -3.07. The van der Waals surface area contributed by atoms with E-state index in [1.54, 1.807) is 42.5 Å². The number of sulfonamides is 1. The molecule has 0 spiro atoms. The summed E-state index contributed by atoms with van der Waals surface area (Å²) < 4.78 is 37.3. The fraction of sp³-hybridized carbons (Fsp3) is 0.300. The van der Waals surface area contributed by atoms with Gasteiger partial charge in [0.2, 0.25) is 15.9 Å². The number of amides is 1. The van der Waals surface area contributed by atoms with Crippen molar-refractivity contribution in [3.8, 4) is 11.5 Å². The minimum absolute atomic E-state index is 0.132. The molecule has 2 aromatic rings. The largest absolute Gasteiger partial charge is 0.486 e. The second-order valence-corrected chi connectivity index (χ2v) is 8.60. The monoisotopic (exact) mass is 418 g/mol. The van der Waals surface area contributed by atoms with Gasteiger partial charge in [0.1, 0.15) is 19.8 Å². The van der Waals surface area contributed by atoms with Gasteiger partial charge >= 0.3 is 0 Å². The van der Waals surface area contributed by atoms with Crippen LogP contribution in [0.15, 0.2) is 42.5 Å². The van der Waals surface area contributed by atoms with E-state index in [0.717, 1.165) is 4.31 Å². The Labute approximate surface area is 169 Å². The fourth-order valence-corrected chi connectivity index (χ4v) is 3.90. The van der Waals surface area contributed by atoms with E-state index < -0.39 is 22.5 Å². The minimum atomic E-state index is -3.73. The maximum atomic E-state index is 12.6. The standard InChI is InChI=1S/C20H22N2O6S/c1-3-29(25,26)22(17-7-8-18-19(12-17)28-10-9-27-18)13-20(24)21-16-6-4-5-15(11-16)14(2)23/h4-8,11-12H,3,9-10,13H2,1-2H3,(H,21,24). The first kappa shape index (κ1) is 20.7. The van der Waals surface area contributed by atoms with Crippen molar-refractivity contribution < 1.29 is 27.5 Å². The van der Waals surface area contributed by atoms with Crippen LogP contribution >= 0.6 is 0 Å². The highest BCUT2D eigenvalue weighted by Gasteiger charge is 2.25. The number of ketones is 1. The number of nitrogens with one attached hydrogen (secondary N) is 1. The van der Waals surface area contributed by atoms with Gasteiger partial charge in [-0.05, 0) is 38.1 Å². The molecule has 1 aliphatic rings. The molecule has 0 unspecified atom stereocenters. The molecule has 0 saturated heterocycles. The Morgan fingerprint density at radius 3 is 2.48 bits per heavy atom. The number of nitrogens with zero attached hydrogens (tertiary/aromatic N) is 1. The first-order valence-corrected chi connectivity index (χ1v) is 10.7. The smallest absolute Gasteiger partial charge is 0.245 e. The van der Waals surface area contributed by atoms with Gasteiger partial charge in [-0.3, -0.25) is 13.9 Å². The number of hydrogen-bond acceptors (Lipinski definition) is 6. The van der Waals surface area contributed by atoms with Gasteiger partial charge in [-0.25, -0.2) is 8.42 Å². The lowest BCUT2D eigenvalue weighted by Crippen LogP contribution is -2.39. The Kier molecular flexibility index (Phi) is 6.07. The molecular weight excluding hydrogens is 396 g/mol. The summed E-state index contributed by atoms with van der Waals surface area (Å²) in [4.78, 5) is 24.1. The van der Waals surface area contributed by atoms with E-state index >= 15 is 0 Å². The Bertz CT molecular complexity index is 1040. The second kappa shape index (κ2) is 8.52. The summed E-state index contributed by atoms with van der Waals surface area (Å²) in [7, 11) is -3.73. The van der Waals surface area contributed by atoms with Gasteiger partial charge in [0.05, 0.1) is 11.4 Å². The highest BCUT2D eigenvalue weighted by molar-refractivity contribution is 7.92. The minimum Gasteiger partial charge on any atom is -0.486 e. The van der Waals surface area contributed by atoms with Gasteiger partial charge in [0, 0.05) is 17.3 Å². The highest BCUT2D eigenvalue weighted by atomic mass is 32.2. The third-order valence-electron chi connectivity index (χ3n) is 4.35. The summed E-state index contributed by atoms with van der Waals surface area (Å²) in [6, 6.07) is 11.2. The maximum Gasteiger partial charge on any atom is 0.245 e. The Balaban J connectivity index is 1.84. The van der Waals surface area contributed by atoms with Crippen LogP contribution in [0.1, 0.15) is 24.2 Å². The first-order chi connectivity index (χ1) is 13.8. The number of carbonyl (C=O) groups excluding carboxylic acids is 2. The summed E-state index contributed by atoms with van der Waals surface area (Å²) >= 11 is 0. The third kappa shape index (κ3) is 4.86. The number of hydrogen-bond donors (Lipinski definition) is 1. The van der Waals surface area contributed by atoms with Crippen LogP contribution in [0.3, 0.4) is 0 Å². The van der Waals surface area contributed by atoms with Crippen molar-refractivity contribution in [1.29, 1.82) is 0 Å². The van der Waals surface area contributed by atoms with E-state index in [4.69, 9.17) is 9.47 Å². The molecule has 1 heterocycles. The van der Waals surface area contributed by atoms with Gasteiger partial charge < -0.3 is 14.8 Å². The predicted molar refractivity (Wildman–Crippen MR) is 109 cm³/mol. The molecule has 0 aromatic heterocycles. The van der Waals surface area contributed by atoms with Crippen LogP contribution in [0.5, 0.6) is 11.5 Å². The average molecular weight is 418 g/mol. The van der Waals surface area contributed by atoms with Crippen LogP contribution in [0.2, 0.25) is 0 Å². The van der Waals surface area contributed by atoms with Crippen LogP contribution in [0.25, 0.3) is 0 Å². The number of benzene rings is 2. The molecule has 3 rings (SSSR count). The zero-order valence-electron chi connectivity index (χ0n) is 16.2. The first-order valence-electron chi connectivity index (χ1n) is 9.11. The van der Waals surface area contributed by atoms with Crippen molar-refractivity contribution in [3.63, 3.8) is 0 Å². The molecule has 0 aliphatic carbocycles. The molecule has 0 saturated carbocycles. The molecule has 9 heteroatoms. The third-order valence-corrected chi connectivity index (χ3v) is 6.10. The second-order valence-electron chi connectivity index (χ2n) is 6.42. The number of ether oxygens (including phenoxy) is 2. The average Bonchev–Trinajstić information content (AvgIpc) is 2.71. The van der Waals surface area contributed by atoms with E-state index in [2.05, 4.69) is 5.32 Å². The number of Topliss-reactive ketones (excluding diaryl/α,β-unsaturated/α-hetero) is 1. The fourth-order valence-electron chi connectivity index (χ4n) is 2.84. The van der Waals surface area contributed by atoms with E-state index in [1.165, 1.54) is 13.8 Å². The molecule has 29 heavy (non-hydrogen) atoms. The number of fused-ring (bicyclic) bond motifs is 1. The molecule has 0 bridgehead atoms. The summed E-state index contributed by atoms with van der Waals surface area (Å²) in [6.45, 7) is 3.31. The topological polar surface area (TPSA) is 102 Å². The van der Waals surface area contributed by atoms with Gasteiger partial charge in [0.15, 0.2) is 17.3 Å². The Morgan fingerprint density at radius 2 is 1.79 bits per heavy atom. The Morgan fingerprint density at radius 1 is 1.07 bits per heavy atom. The molecule has 154 valence electrons. The predicted octanol–water partition coefficient (Wildman–Crippen LogP) is 2.46. The van der Waals surface area contributed by atoms with Crippen molar-refractivity contribution in [2.45, 2.75) is 13.8 Å². The van der Waals surface area contributed by atoms with E-state index in [9.17, 15) is 18.0 Å². The van der Waals surface area contributed by atoms with Gasteiger partial charge in [-0.2, -0.15) is 0 Å². The number of rotatable bonds is 7. The lowest BCUT2D eigenvalue weighted by Gasteiger charge is -2.25. The SMILES string of the molecule is CCS(=O)(=O)N(CC(=O)Nc1cccc(C(C)=O)c1)c1ccc2c(c1)OCCO2. The molecule has 1 aliphatic heterocycles. The molecule has 2 aromatic carbocycles. The number of carbonyl (C=O) groups is 2. The maximum absolute atomic E-state index is 12.6. The quantitative estimate of drug-likeness (QED) is 0.693. The van der Waals surface area contributed by atoms with Crippen molar-refractivity contribution in [3.05, 3.63) is 48.0 Å². The molecule has 0 radical (unpaired) electrons. The molecule has 0 atom stereocenters. The van der Waals surface area contributed by atoms with Crippen molar-refractivity contribution >= 4 is 33.1 Å². The van der Waals surface area contributed by atoms with E-state index in [-0.39, 0.29) is 11.5 Å². The summed E-state index contributed by atoms with van der Waals surface area (Å²) in [5.41, 5.74) is 1.18. The van der Waals surface area contributed by atoms with E-state index in [1.807, 2.05) is 0 Å². The zero-order chi connectivity index (χ0) is 21.0. The van der Waals surface area contributed by atoms with Crippen molar-refractivity contribution in [2.75, 3.05) is 35.1 Å². The highest BCUT2D eigenvalue weighted by Crippen LogP contribution is 2.34. The molecule has 1 amide bonds. The summed E-state index contributed by atoms with van der Waals surface area (Å²) in [5, 5.41) is 2.64. The lowest BCUT2D eigenvalue weighted by molar-refractivity contribution is -0.114. The van der Waals surface area contributed by atoms with Crippen LogP contribution in [0, 0.1) is 0 Å². The number of anilines is 2.